The van der Waals surface area contributed by atoms with Gasteiger partial charge in [-0.2, -0.15) is 0 Å². The van der Waals surface area contributed by atoms with Gasteiger partial charge in [0, 0.05) is 5.56 Å². The van der Waals surface area contributed by atoms with Crippen molar-refractivity contribution in [2.45, 2.75) is 33.6 Å². The van der Waals surface area contributed by atoms with Crippen LogP contribution >= 0.6 is 11.3 Å². The minimum Gasteiger partial charge on any atom is -0.288 e. The summed E-state index contributed by atoms with van der Waals surface area (Å²) in [6.45, 7) is 5.98. The Morgan fingerprint density at radius 3 is 2.39 bits per heavy atom. The van der Waals surface area contributed by atoms with E-state index in [4.69, 9.17) is 0 Å². The predicted molar refractivity (Wildman–Crippen MR) is 75.5 cm³/mol. The van der Waals surface area contributed by atoms with Crippen LogP contribution < -0.4 is 0 Å². The van der Waals surface area contributed by atoms with Gasteiger partial charge in [-0.1, -0.05) is 37.6 Å². The quantitative estimate of drug-likeness (QED) is 0.778. The number of carbonyl (C=O) groups is 1. The fourth-order valence-corrected chi connectivity index (χ4v) is 2.87. The average molecular weight is 259 g/mol. The van der Waals surface area contributed by atoms with Crippen molar-refractivity contribution in [3.63, 3.8) is 0 Å². The van der Waals surface area contributed by atoms with Gasteiger partial charge in [-0.3, -0.25) is 4.79 Å². The number of nitrogens with zero attached hydrogens (tertiary/aromatic N) is 1. The molecular weight excluding hydrogens is 242 g/mol. The van der Waals surface area contributed by atoms with Crippen LogP contribution in [0, 0.1) is 13.8 Å². The molecule has 1 aromatic heterocycles. The smallest absolute Gasteiger partial charge is 0.204 e. The Kier molecular flexibility index (Phi) is 3.92. The first-order valence-corrected chi connectivity index (χ1v) is 7.01. The van der Waals surface area contributed by atoms with E-state index in [0.717, 1.165) is 34.0 Å². The number of rotatable bonds is 4. The van der Waals surface area contributed by atoms with Crippen molar-refractivity contribution in [3.8, 4) is 0 Å². The van der Waals surface area contributed by atoms with Crippen molar-refractivity contribution in [2.24, 2.45) is 0 Å². The normalized spacial score (nSPS) is 10.6. The number of benzene rings is 1. The Labute approximate surface area is 112 Å². The average Bonchev–Trinajstić information content (AvgIpc) is 2.69. The van der Waals surface area contributed by atoms with Gasteiger partial charge in [0.05, 0.1) is 15.6 Å². The van der Waals surface area contributed by atoms with Crippen molar-refractivity contribution in [3.05, 3.63) is 51.0 Å². The molecule has 0 radical (unpaired) electrons. The maximum atomic E-state index is 12.3. The Bertz CT molecular complexity index is 554. The van der Waals surface area contributed by atoms with Crippen LogP contribution in [-0.4, -0.2) is 10.8 Å². The summed E-state index contributed by atoms with van der Waals surface area (Å²) in [6.07, 6.45) is 2.19. The Morgan fingerprint density at radius 1 is 1.22 bits per heavy atom. The molecule has 0 bridgehead atoms. The summed E-state index contributed by atoms with van der Waals surface area (Å²) >= 11 is 1.47. The van der Waals surface area contributed by atoms with Gasteiger partial charge in [0.2, 0.25) is 5.78 Å². The SMILES string of the molecule is CCCc1ccc(C(=O)c2sc(C)nc2C)cc1. The third-order valence-electron chi connectivity index (χ3n) is 2.86. The second kappa shape index (κ2) is 5.44. The lowest BCUT2D eigenvalue weighted by atomic mass is 10.0. The number of thiazole rings is 1. The monoisotopic (exact) mass is 259 g/mol. The molecule has 0 N–H and O–H groups in total. The molecule has 0 unspecified atom stereocenters. The number of ketones is 1. The van der Waals surface area contributed by atoms with Crippen LogP contribution in [0.2, 0.25) is 0 Å². The first kappa shape index (κ1) is 13.0. The standard InChI is InChI=1S/C15H17NOS/c1-4-5-12-6-8-13(9-7-12)14(17)15-10(2)16-11(3)18-15/h6-9H,4-5H2,1-3H3. The van der Waals surface area contributed by atoms with E-state index < -0.39 is 0 Å². The lowest BCUT2D eigenvalue weighted by molar-refractivity contribution is 0.104. The van der Waals surface area contributed by atoms with Crippen molar-refractivity contribution in [2.75, 3.05) is 0 Å². The van der Waals surface area contributed by atoms with Gasteiger partial charge < -0.3 is 0 Å². The molecule has 0 aliphatic heterocycles. The molecule has 2 rings (SSSR count). The van der Waals surface area contributed by atoms with Crippen molar-refractivity contribution in [1.29, 1.82) is 0 Å². The van der Waals surface area contributed by atoms with Crippen LogP contribution in [0.3, 0.4) is 0 Å². The molecule has 0 aliphatic rings. The fourth-order valence-electron chi connectivity index (χ4n) is 1.98. The van der Waals surface area contributed by atoms with Gasteiger partial charge in [0.25, 0.3) is 0 Å². The second-order valence-electron chi connectivity index (χ2n) is 4.42. The molecule has 18 heavy (non-hydrogen) atoms. The Morgan fingerprint density at radius 2 is 1.89 bits per heavy atom. The highest BCUT2D eigenvalue weighted by atomic mass is 32.1. The molecule has 94 valence electrons. The van der Waals surface area contributed by atoms with Crippen molar-refractivity contribution in [1.82, 2.24) is 4.98 Å². The summed E-state index contributed by atoms with van der Waals surface area (Å²) in [5.74, 6) is 0.0844. The fraction of sp³-hybridized carbons (Fsp3) is 0.333. The molecule has 1 heterocycles. The molecule has 0 aliphatic carbocycles. The van der Waals surface area contributed by atoms with E-state index in [1.54, 1.807) is 0 Å². The largest absolute Gasteiger partial charge is 0.288 e. The zero-order valence-electron chi connectivity index (χ0n) is 11.0. The number of carbonyl (C=O) groups excluding carboxylic acids is 1. The summed E-state index contributed by atoms with van der Waals surface area (Å²) in [5, 5.41) is 0.943. The summed E-state index contributed by atoms with van der Waals surface area (Å²) in [7, 11) is 0. The molecule has 0 fully saturated rings. The summed E-state index contributed by atoms with van der Waals surface area (Å²) < 4.78 is 0. The van der Waals surface area contributed by atoms with Gasteiger partial charge in [-0.15, -0.1) is 11.3 Å². The van der Waals surface area contributed by atoms with E-state index in [1.165, 1.54) is 16.9 Å². The van der Waals surface area contributed by atoms with E-state index in [0.29, 0.717) is 0 Å². The highest BCUT2D eigenvalue weighted by molar-refractivity contribution is 7.14. The zero-order chi connectivity index (χ0) is 13.1. The van der Waals surface area contributed by atoms with E-state index in [2.05, 4.69) is 11.9 Å². The minimum absolute atomic E-state index is 0.0844. The van der Waals surface area contributed by atoms with Gasteiger partial charge in [-0.05, 0) is 25.8 Å². The zero-order valence-corrected chi connectivity index (χ0v) is 11.8. The van der Waals surface area contributed by atoms with E-state index >= 15 is 0 Å². The first-order valence-electron chi connectivity index (χ1n) is 6.19. The predicted octanol–water partition coefficient (Wildman–Crippen LogP) is 3.94. The Balaban J connectivity index is 2.26. The molecule has 0 saturated heterocycles. The van der Waals surface area contributed by atoms with Crippen LogP contribution in [0.15, 0.2) is 24.3 Å². The van der Waals surface area contributed by atoms with Gasteiger partial charge >= 0.3 is 0 Å². The maximum Gasteiger partial charge on any atom is 0.204 e. The number of aryl methyl sites for hydroxylation is 3. The summed E-state index contributed by atoms with van der Waals surface area (Å²) in [4.78, 5) is 17.4. The van der Waals surface area contributed by atoms with Crippen molar-refractivity contribution < 1.29 is 4.79 Å². The number of hydrogen-bond donors (Lipinski definition) is 0. The Hall–Kier alpha value is -1.48. The van der Waals surface area contributed by atoms with Crippen LogP contribution in [0.1, 0.15) is 44.8 Å². The number of aromatic nitrogens is 1. The third kappa shape index (κ3) is 2.67. The van der Waals surface area contributed by atoms with E-state index in [9.17, 15) is 4.79 Å². The lowest BCUT2D eigenvalue weighted by Crippen LogP contribution is -2.01. The molecule has 0 atom stereocenters. The molecule has 0 saturated carbocycles. The van der Waals surface area contributed by atoms with E-state index in [1.807, 2.05) is 38.1 Å². The van der Waals surface area contributed by atoms with Crippen LogP contribution in [0.4, 0.5) is 0 Å². The molecular formula is C15H17NOS. The number of hydrogen-bond acceptors (Lipinski definition) is 3. The third-order valence-corrected chi connectivity index (χ3v) is 3.94. The molecule has 3 heteroatoms. The van der Waals surface area contributed by atoms with Gasteiger partial charge in [0.15, 0.2) is 0 Å². The minimum atomic E-state index is 0.0844. The molecule has 0 amide bonds. The molecule has 1 aromatic carbocycles. The van der Waals surface area contributed by atoms with Gasteiger partial charge in [0.1, 0.15) is 0 Å². The topological polar surface area (TPSA) is 30.0 Å². The summed E-state index contributed by atoms with van der Waals surface area (Å²) in [6, 6.07) is 7.92. The highest BCUT2D eigenvalue weighted by Gasteiger charge is 2.15. The molecule has 2 nitrogen and oxygen atoms in total. The second-order valence-corrected chi connectivity index (χ2v) is 5.63. The van der Waals surface area contributed by atoms with Gasteiger partial charge in [-0.25, -0.2) is 4.98 Å². The molecule has 0 spiro atoms. The maximum absolute atomic E-state index is 12.3. The lowest BCUT2D eigenvalue weighted by Gasteiger charge is -2.02. The van der Waals surface area contributed by atoms with E-state index in [-0.39, 0.29) is 5.78 Å². The van der Waals surface area contributed by atoms with Crippen LogP contribution in [0.25, 0.3) is 0 Å². The summed E-state index contributed by atoms with van der Waals surface area (Å²) in [5.41, 5.74) is 2.87. The first-order chi connectivity index (χ1) is 8.61. The van der Waals surface area contributed by atoms with Crippen LogP contribution in [-0.2, 0) is 6.42 Å². The van der Waals surface area contributed by atoms with Crippen molar-refractivity contribution >= 4 is 17.1 Å². The van der Waals surface area contributed by atoms with Crippen LogP contribution in [0.5, 0.6) is 0 Å². The molecule has 2 aromatic rings. The highest BCUT2D eigenvalue weighted by Crippen LogP contribution is 2.21.